The molecule has 0 N–H and O–H groups in total. The van der Waals surface area contributed by atoms with E-state index in [9.17, 15) is 8.42 Å². The van der Waals surface area contributed by atoms with E-state index in [2.05, 4.69) is 21.4 Å². The number of nitrogens with zero attached hydrogens (tertiary/aromatic N) is 3. The second kappa shape index (κ2) is 6.16. The molecule has 1 aromatic rings. The molecule has 0 bridgehead atoms. The van der Waals surface area contributed by atoms with Crippen molar-refractivity contribution in [2.75, 3.05) is 32.4 Å². The average Bonchev–Trinajstić information content (AvgIpc) is 2.38. The van der Waals surface area contributed by atoms with Gasteiger partial charge in [0, 0.05) is 32.7 Å². The Morgan fingerprint density at radius 1 is 1.16 bits per heavy atom. The van der Waals surface area contributed by atoms with Crippen molar-refractivity contribution >= 4 is 16.4 Å². The first kappa shape index (κ1) is 14.0. The normalized spacial score (nSPS) is 18.1. The van der Waals surface area contributed by atoms with Gasteiger partial charge < -0.3 is 4.90 Å². The molecule has 1 aliphatic rings. The Hall–Kier alpha value is -1.40. The first-order valence-electron chi connectivity index (χ1n) is 6.29. The average molecular weight is 281 g/mol. The van der Waals surface area contributed by atoms with Gasteiger partial charge in [0.2, 0.25) is 0 Å². The third kappa shape index (κ3) is 5.00. The number of sulfonamides is 1. The van der Waals surface area contributed by atoms with Crippen LogP contribution in [0.25, 0.3) is 0 Å². The smallest absolute Gasteiger partial charge is 0.251 e. The molecule has 0 saturated carbocycles. The van der Waals surface area contributed by atoms with Crippen molar-refractivity contribution in [3.63, 3.8) is 0 Å². The molecule has 19 heavy (non-hydrogen) atoms. The Balaban J connectivity index is 1.81. The van der Waals surface area contributed by atoms with Crippen LogP contribution >= 0.6 is 0 Å². The zero-order chi connectivity index (χ0) is 13.7. The molecule has 0 aliphatic carbocycles. The fourth-order valence-electron chi connectivity index (χ4n) is 2.03. The summed E-state index contributed by atoms with van der Waals surface area (Å²) in [5, 5.41) is 0. The first-order valence-corrected chi connectivity index (χ1v) is 8.13. The summed E-state index contributed by atoms with van der Waals surface area (Å²) < 4.78 is 25.4. The summed E-state index contributed by atoms with van der Waals surface area (Å²) in [7, 11) is -3.27. The largest absolute Gasteiger partial charge is 0.359 e. The summed E-state index contributed by atoms with van der Waals surface area (Å²) in [6, 6.07) is 10.4. The van der Waals surface area contributed by atoms with Gasteiger partial charge in [0.1, 0.15) is 6.34 Å². The molecular formula is C13H19N3O2S. The van der Waals surface area contributed by atoms with Crippen molar-refractivity contribution in [2.45, 2.75) is 6.54 Å². The summed E-state index contributed by atoms with van der Waals surface area (Å²) in [6.45, 7) is 4.41. The van der Waals surface area contributed by atoms with E-state index < -0.39 is 10.0 Å². The minimum absolute atomic E-state index is 0.811. The SMILES string of the molecule is CS(=O)(=O)/N=C/N1CCN(Cc2ccccc2)CC1. The lowest BCUT2D eigenvalue weighted by Crippen LogP contribution is -2.45. The van der Waals surface area contributed by atoms with E-state index in [1.165, 1.54) is 11.9 Å². The predicted molar refractivity (Wildman–Crippen MR) is 76.6 cm³/mol. The lowest BCUT2D eigenvalue weighted by molar-refractivity contribution is 0.178. The van der Waals surface area contributed by atoms with Crippen molar-refractivity contribution in [1.82, 2.24) is 9.80 Å². The van der Waals surface area contributed by atoms with Crippen molar-refractivity contribution < 1.29 is 8.42 Å². The van der Waals surface area contributed by atoms with Gasteiger partial charge in [-0.25, -0.2) is 8.42 Å². The number of benzene rings is 1. The molecule has 104 valence electrons. The van der Waals surface area contributed by atoms with Crippen molar-refractivity contribution in [3.05, 3.63) is 35.9 Å². The van der Waals surface area contributed by atoms with Crippen LogP contribution in [0.2, 0.25) is 0 Å². The molecule has 0 aromatic heterocycles. The maximum absolute atomic E-state index is 10.9. The van der Waals surface area contributed by atoms with E-state index in [4.69, 9.17) is 0 Å². The summed E-state index contributed by atoms with van der Waals surface area (Å²) in [5.41, 5.74) is 1.31. The lowest BCUT2D eigenvalue weighted by atomic mass is 10.2. The summed E-state index contributed by atoms with van der Waals surface area (Å²) in [6.07, 6.45) is 2.55. The van der Waals surface area contributed by atoms with E-state index in [1.807, 2.05) is 23.1 Å². The summed E-state index contributed by atoms with van der Waals surface area (Å²) in [5.74, 6) is 0. The molecule has 1 fully saturated rings. The Morgan fingerprint density at radius 3 is 2.37 bits per heavy atom. The maximum Gasteiger partial charge on any atom is 0.251 e. The molecule has 0 unspecified atom stereocenters. The van der Waals surface area contributed by atoms with Crippen LogP contribution in [-0.2, 0) is 16.6 Å². The zero-order valence-corrected chi connectivity index (χ0v) is 11.9. The zero-order valence-electron chi connectivity index (χ0n) is 11.1. The molecule has 2 rings (SSSR count). The molecule has 1 aromatic carbocycles. The fourth-order valence-corrected chi connectivity index (χ4v) is 2.34. The van der Waals surface area contributed by atoms with Crippen molar-refractivity contribution in [2.24, 2.45) is 4.40 Å². The van der Waals surface area contributed by atoms with Crippen molar-refractivity contribution in [1.29, 1.82) is 0 Å². The van der Waals surface area contributed by atoms with Gasteiger partial charge in [-0.05, 0) is 5.56 Å². The number of piperazine rings is 1. The molecule has 5 nitrogen and oxygen atoms in total. The predicted octanol–water partition coefficient (Wildman–Crippen LogP) is 0.792. The third-order valence-corrected chi connectivity index (χ3v) is 3.54. The number of hydrogen-bond acceptors (Lipinski definition) is 3. The lowest BCUT2D eigenvalue weighted by Gasteiger charge is -2.33. The second-order valence-electron chi connectivity index (χ2n) is 4.75. The molecule has 0 spiro atoms. The van der Waals surface area contributed by atoms with Crippen LogP contribution in [-0.4, -0.2) is 57.0 Å². The Kier molecular flexibility index (Phi) is 4.55. The van der Waals surface area contributed by atoms with Crippen LogP contribution in [0.3, 0.4) is 0 Å². The van der Waals surface area contributed by atoms with Crippen LogP contribution in [0.15, 0.2) is 34.7 Å². The van der Waals surface area contributed by atoms with E-state index in [0.29, 0.717) is 0 Å². The highest BCUT2D eigenvalue weighted by atomic mass is 32.2. The highest BCUT2D eigenvalue weighted by molar-refractivity contribution is 7.89. The standard InChI is InChI=1S/C13H19N3O2S/c1-19(17,18)14-12-16-9-7-15(8-10-16)11-13-5-3-2-4-6-13/h2-6,12H,7-11H2,1H3/b14-12+. The third-order valence-electron chi connectivity index (χ3n) is 3.06. The molecule has 0 amide bonds. The highest BCUT2D eigenvalue weighted by Crippen LogP contribution is 2.07. The summed E-state index contributed by atoms with van der Waals surface area (Å²) >= 11 is 0. The highest BCUT2D eigenvalue weighted by Gasteiger charge is 2.15. The van der Waals surface area contributed by atoms with Gasteiger partial charge in [-0.2, -0.15) is 4.40 Å². The van der Waals surface area contributed by atoms with E-state index >= 15 is 0 Å². The van der Waals surface area contributed by atoms with Crippen molar-refractivity contribution in [3.8, 4) is 0 Å². The van der Waals surface area contributed by atoms with Gasteiger partial charge in [-0.1, -0.05) is 30.3 Å². The molecule has 0 atom stereocenters. The Bertz CT molecular complexity index is 520. The molecule has 1 saturated heterocycles. The molecule has 1 heterocycles. The topological polar surface area (TPSA) is 53.0 Å². The van der Waals surface area contributed by atoms with Gasteiger partial charge in [0.15, 0.2) is 0 Å². The monoisotopic (exact) mass is 281 g/mol. The number of hydrogen-bond donors (Lipinski definition) is 0. The minimum atomic E-state index is -3.27. The minimum Gasteiger partial charge on any atom is -0.359 e. The molecular weight excluding hydrogens is 262 g/mol. The quantitative estimate of drug-likeness (QED) is 0.605. The van der Waals surface area contributed by atoms with Gasteiger partial charge in [-0.3, -0.25) is 4.90 Å². The van der Waals surface area contributed by atoms with Gasteiger partial charge in [0.05, 0.1) is 6.26 Å². The van der Waals surface area contributed by atoms with Gasteiger partial charge in [-0.15, -0.1) is 0 Å². The van der Waals surface area contributed by atoms with E-state index in [0.717, 1.165) is 39.0 Å². The van der Waals surface area contributed by atoms with Crippen LogP contribution in [0.1, 0.15) is 5.56 Å². The van der Waals surface area contributed by atoms with Crippen LogP contribution < -0.4 is 0 Å². The van der Waals surface area contributed by atoms with E-state index in [1.54, 1.807) is 0 Å². The van der Waals surface area contributed by atoms with Gasteiger partial charge >= 0.3 is 0 Å². The second-order valence-corrected chi connectivity index (χ2v) is 6.43. The Morgan fingerprint density at radius 2 is 1.79 bits per heavy atom. The summed E-state index contributed by atoms with van der Waals surface area (Å²) in [4.78, 5) is 4.31. The number of rotatable bonds is 4. The molecule has 0 radical (unpaired) electrons. The maximum atomic E-state index is 10.9. The van der Waals surface area contributed by atoms with Crippen LogP contribution in [0, 0.1) is 0 Å². The van der Waals surface area contributed by atoms with Gasteiger partial charge in [0.25, 0.3) is 10.0 Å². The molecule has 1 aliphatic heterocycles. The fraction of sp³-hybridized carbons (Fsp3) is 0.462. The van der Waals surface area contributed by atoms with E-state index in [-0.39, 0.29) is 0 Å². The van der Waals surface area contributed by atoms with Crippen LogP contribution in [0.4, 0.5) is 0 Å². The first-order chi connectivity index (χ1) is 9.03. The Labute approximate surface area is 114 Å². The van der Waals surface area contributed by atoms with Crippen LogP contribution in [0.5, 0.6) is 0 Å². The molecule has 6 heteroatoms.